The summed E-state index contributed by atoms with van der Waals surface area (Å²) in [4.78, 5) is 0. The molecule has 0 radical (unpaired) electrons. The summed E-state index contributed by atoms with van der Waals surface area (Å²) >= 11 is 3.64. The van der Waals surface area contributed by atoms with Gasteiger partial charge in [0.25, 0.3) is 0 Å². The maximum atomic E-state index is 6.47. The average molecular weight is 98.5 g/mol. The molecule has 0 heterocycles. The summed E-state index contributed by atoms with van der Waals surface area (Å²) in [6, 6.07) is 0. The van der Waals surface area contributed by atoms with Crippen molar-refractivity contribution in [3.8, 4) is 0 Å². The van der Waals surface area contributed by atoms with Crippen molar-refractivity contribution in [2.24, 2.45) is 0 Å². The Morgan fingerprint density at radius 1 is 1.25 bits per heavy atom. The van der Waals surface area contributed by atoms with Gasteiger partial charge >= 0.3 is 0 Å². The van der Waals surface area contributed by atoms with E-state index in [1.807, 2.05) is 0 Å². The Hall–Kier alpha value is 0.782. The van der Waals surface area contributed by atoms with Gasteiger partial charge in [-0.1, -0.05) is 7.43 Å². The van der Waals surface area contributed by atoms with Crippen LogP contribution in [0.3, 0.4) is 0 Å². The van der Waals surface area contributed by atoms with Gasteiger partial charge in [-0.25, -0.2) is 0 Å². The summed E-state index contributed by atoms with van der Waals surface area (Å²) in [7, 11) is 0. The van der Waals surface area contributed by atoms with Crippen LogP contribution in [0.25, 0.3) is 0 Å². The van der Waals surface area contributed by atoms with Gasteiger partial charge in [0.1, 0.15) is 0 Å². The monoisotopic (exact) mass is 98.0 g/mol. The second-order valence-corrected chi connectivity index (χ2v) is 0. The molecule has 28 valence electrons. The lowest BCUT2D eigenvalue weighted by molar-refractivity contribution is 0.632. The summed E-state index contributed by atoms with van der Waals surface area (Å²) in [6.07, 6.45) is 0. The van der Waals surface area contributed by atoms with Crippen LogP contribution in [0, 0.1) is 0 Å². The summed E-state index contributed by atoms with van der Waals surface area (Å²) in [5.74, 6) is 0. The van der Waals surface area contributed by atoms with Crippen molar-refractivity contribution >= 4 is 29.2 Å². The number of hydrogen-bond acceptors (Lipinski definition) is 1. The first kappa shape index (κ1) is 21.5. The quantitative estimate of drug-likeness (QED) is 0.408. The highest BCUT2D eigenvalue weighted by Gasteiger charge is 0.897. The summed E-state index contributed by atoms with van der Waals surface area (Å²) in [5.41, 5.74) is 0. The van der Waals surface area contributed by atoms with Gasteiger partial charge in [0.15, 0.2) is 17.4 Å². The first-order valence-corrected chi connectivity index (χ1v) is 0.507. The van der Waals surface area contributed by atoms with Crippen LogP contribution in [0.1, 0.15) is 7.43 Å². The maximum absolute atomic E-state index is 6.47. The van der Waals surface area contributed by atoms with Crippen LogP contribution in [0.4, 0.5) is 0 Å². The van der Waals surface area contributed by atoms with E-state index in [0.29, 0.717) is 0 Å². The lowest BCUT2D eigenvalue weighted by Gasteiger charge is -1.13. The molecule has 0 aromatic rings. The van der Waals surface area contributed by atoms with E-state index in [9.17, 15) is 0 Å². The molecular weight excluding hydrogens is 90.4 g/mol. The third-order valence-electron chi connectivity index (χ3n) is 0. The lowest BCUT2D eigenvalue weighted by Crippen LogP contribution is -0.913. The molecule has 0 spiro atoms. The van der Waals surface area contributed by atoms with E-state index in [1.54, 1.807) is 0 Å². The number of rotatable bonds is 0. The standard InChI is InChI=1S/CH4.Al.ClHO.3H/c;;1-2;;;/h1H4;;2H;;;. The van der Waals surface area contributed by atoms with Crippen molar-refractivity contribution < 1.29 is 4.66 Å². The van der Waals surface area contributed by atoms with Gasteiger partial charge in [-0.15, -0.1) is 0 Å². The molecule has 0 aromatic carbocycles. The van der Waals surface area contributed by atoms with Gasteiger partial charge in [0.2, 0.25) is 0 Å². The molecule has 0 aliphatic carbocycles. The van der Waals surface area contributed by atoms with Crippen LogP contribution in [-0.2, 0) is 0 Å². The van der Waals surface area contributed by atoms with Crippen molar-refractivity contribution in [3.05, 3.63) is 0 Å². The Morgan fingerprint density at radius 3 is 1.25 bits per heavy atom. The van der Waals surface area contributed by atoms with Gasteiger partial charge in [-0.3, -0.25) is 4.66 Å². The Kier molecular flexibility index (Phi) is 258. The second-order valence-electron chi connectivity index (χ2n) is 0. The lowest BCUT2D eigenvalue weighted by atomic mass is 12.0. The van der Waals surface area contributed by atoms with E-state index in [1.165, 1.54) is 0 Å². The fraction of sp³-hybridized carbons (Fsp3) is 1.00. The van der Waals surface area contributed by atoms with Crippen molar-refractivity contribution in [2.45, 2.75) is 7.43 Å². The van der Waals surface area contributed by atoms with Crippen molar-refractivity contribution in [1.29, 1.82) is 0 Å². The van der Waals surface area contributed by atoms with Gasteiger partial charge in [-0.2, -0.15) is 0 Å². The second kappa shape index (κ2) is 47.8. The van der Waals surface area contributed by atoms with Crippen LogP contribution >= 0.6 is 11.9 Å². The van der Waals surface area contributed by atoms with Gasteiger partial charge in [0, 0.05) is 0 Å². The largest absolute Gasteiger partial charge is 0.295 e. The molecule has 0 saturated heterocycles. The number of halogens is 1. The molecule has 0 fully saturated rings. The zero-order chi connectivity index (χ0) is 2.00. The molecular formula is CH8AlClO. The highest BCUT2D eigenvalue weighted by Crippen LogP contribution is 1.31. The van der Waals surface area contributed by atoms with E-state index < -0.39 is 0 Å². The molecule has 0 unspecified atom stereocenters. The van der Waals surface area contributed by atoms with Gasteiger partial charge in [-0.05, 0) is 0 Å². The third kappa shape index (κ3) is 14.4. The van der Waals surface area contributed by atoms with E-state index in [-0.39, 0.29) is 24.8 Å². The van der Waals surface area contributed by atoms with Crippen LogP contribution in [0.5, 0.6) is 0 Å². The summed E-state index contributed by atoms with van der Waals surface area (Å²) in [6.45, 7) is 0. The zero-order valence-corrected chi connectivity index (χ0v) is 1.58. The van der Waals surface area contributed by atoms with E-state index in [2.05, 4.69) is 11.9 Å². The average Bonchev–Trinajstić information content (AvgIpc) is 1.00. The fourth-order valence-corrected chi connectivity index (χ4v) is 0. The molecule has 0 aliphatic heterocycles. The molecule has 0 amide bonds. The highest BCUT2D eigenvalue weighted by atomic mass is 35.5. The zero-order valence-electron chi connectivity index (χ0n) is 0.825. The Bertz CT molecular complexity index is 8.00. The van der Waals surface area contributed by atoms with E-state index in [0.717, 1.165) is 0 Å². The van der Waals surface area contributed by atoms with Crippen molar-refractivity contribution in [1.82, 2.24) is 0 Å². The molecule has 0 aliphatic rings. The molecule has 0 aromatic heterocycles. The molecule has 0 saturated carbocycles. The Balaban J connectivity index is -0.00000000500. The SMILES string of the molecule is C.OCl.[AlH3]. The topological polar surface area (TPSA) is 20.2 Å². The minimum absolute atomic E-state index is 0. The van der Waals surface area contributed by atoms with Crippen LogP contribution in [0.15, 0.2) is 0 Å². The predicted octanol–water partition coefficient (Wildman–Crippen LogP) is -0.415. The molecule has 0 rings (SSSR count). The van der Waals surface area contributed by atoms with E-state index >= 15 is 0 Å². The van der Waals surface area contributed by atoms with Crippen LogP contribution in [0.2, 0.25) is 0 Å². The first-order valence-electron chi connectivity index (χ1n) is 0.169. The number of hydrogen-bond donors (Lipinski definition) is 1. The van der Waals surface area contributed by atoms with Crippen molar-refractivity contribution in [2.75, 3.05) is 0 Å². The minimum Gasteiger partial charge on any atom is -0.295 e. The maximum Gasteiger partial charge on any atom is 0.187 e. The summed E-state index contributed by atoms with van der Waals surface area (Å²) < 4.78 is 6.47. The molecule has 3 heteroatoms. The molecule has 0 bridgehead atoms. The molecule has 1 nitrogen and oxygen atoms in total. The Labute approximate surface area is 41.9 Å². The molecule has 1 N–H and O–H groups in total. The first-order chi connectivity index (χ1) is 1.00. The smallest absolute Gasteiger partial charge is 0.187 e. The van der Waals surface area contributed by atoms with Crippen LogP contribution in [-0.4, -0.2) is 22.0 Å². The normalized spacial score (nSPS) is 1.50. The molecule has 0 atom stereocenters. The Morgan fingerprint density at radius 2 is 1.25 bits per heavy atom. The highest BCUT2D eigenvalue weighted by molar-refractivity contribution is 6.04. The van der Waals surface area contributed by atoms with Crippen molar-refractivity contribution in [3.63, 3.8) is 0 Å². The fourth-order valence-electron chi connectivity index (χ4n) is 0. The van der Waals surface area contributed by atoms with Crippen LogP contribution < -0.4 is 0 Å². The van der Waals surface area contributed by atoms with E-state index in [4.69, 9.17) is 4.66 Å². The molecule has 4 heavy (non-hydrogen) atoms. The third-order valence-corrected chi connectivity index (χ3v) is 0. The van der Waals surface area contributed by atoms with Gasteiger partial charge in [0.05, 0.1) is 11.9 Å². The predicted molar refractivity (Wildman–Crippen MR) is 24.7 cm³/mol. The van der Waals surface area contributed by atoms with Gasteiger partial charge < -0.3 is 0 Å². The minimum atomic E-state index is 0. The summed E-state index contributed by atoms with van der Waals surface area (Å²) in [5, 5.41) is 0.